The second-order valence-corrected chi connectivity index (χ2v) is 3.84. The van der Waals surface area contributed by atoms with Crippen LogP contribution in [0, 0.1) is 5.82 Å². The molecular weight excluding hydrogens is 284 g/mol. The van der Waals surface area contributed by atoms with E-state index in [0.29, 0.717) is 0 Å². The van der Waals surface area contributed by atoms with E-state index in [4.69, 9.17) is 10.0 Å². The molecule has 112 valence electrons. The number of anilines is 1. The molecule has 0 aliphatic rings. The molecule has 0 saturated carbocycles. The van der Waals surface area contributed by atoms with Crippen molar-refractivity contribution in [2.45, 2.75) is 0 Å². The van der Waals surface area contributed by atoms with Gasteiger partial charge in [0, 0.05) is 5.69 Å². The van der Waals surface area contributed by atoms with E-state index in [9.17, 15) is 14.0 Å². The first-order chi connectivity index (χ1) is 9.87. The molecule has 7 nitrogen and oxygen atoms in total. The van der Waals surface area contributed by atoms with E-state index in [1.165, 1.54) is 6.07 Å². The van der Waals surface area contributed by atoms with E-state index in [2.05, 4.69) is 14.8 Å². The molecular formula is C12H13BFNO6. The first-order valence-electron chi connectivity index (χ1n) is 5.69. The van der Waals surface area contributed by atoms with Crippen LogP contribution >= 0.6 is 0 Å². The van der Waals surface area contributed by atoms with Crippen molar-refractivity contribution in [3.05, 3.63) is 35.8 Å². The summed E-state index contributed by atoms with van der Waals surface area (Å²) in [6.45, 7) is 0. The number of nitrogens with one attached hydrogen (secondary N) is 1. The van der Waals surface area contributed by atoms with Crippen molar-refractivity contribution in [2.75, 3.05) is 19.5 Å². The fourth-order valence-corrected chi connectivity index (χ4v) is 1.42. The normalized spacial score (nSPS) is 10.8. The summed E-state index contributed by atoms with van der Waals surface area (Å²) in [6, 6.07) is 3.11. The Labute approximate surface area is 120 Å². The van der Waals surface area contributed by atoms with Crippen LogP contribution < -0.4 is 10.8 Å². The second kappa shape index (κ2) is 7.41. The maximum atomic E-state index is 13.4. The highest BCUT2D eigenvalue weighted by molar-refractivity contribution is 6.58. The second-order valence-electron chi connectivity index (χ2n) is 3.84. The number of hydrogen-bond donors (Lipinski definition) is 3. The maximum absolute atomic E-state index is 13.4. The number of benzene rings is 1. The third kappa shape index (κ3) is 4.90. The summed E-state index contributed by atoms with van der Waals surface area (Å²) < 4.78 is 22.2. The number of halogens is 1. The molecule has 0 amide bonds. The zero-order valence-corrected chi connectivity index (χ0v) is 11.3. The van der Waals surface area contributed by atoms with Gasteiger partial charge in [0.2, 0.25) is 0 Å². The van der Waals surface area contributed by atoms with Gasteiger partial charge in [0.25, 0.3) is 0 Å². The quantitative estimate of drug-likeness (QED) is 0.369. The van der Waals surface area contributed by atoms with E-state index in [1.54, 1.807) is 0 Å². The van der Waals surface area contributed by atoms with Crippen LogP contribution in [0.25, 0.3) is 0 Å². The van der Waals surface area contributed by atoms with Gasteiger partial charge in [-0.05, 0) is 23.7 Å². The zero-order valence-electron chi connectivity index (χ0n) is 11.3. The summed E-state index contributed by atoms with van der Waals surface area (Å²) >= 11 is 0. The number of carbonyl (C=O) groups excluding carboxylic acids is 2. The average molecular weight is 297 g/mol. The first-order valence-corrected chi connectivity index (χ1v) is 5.69. The summed E-state index contributed by atoms with van der Waals surface area (Å²) in [5.74, 6) is -2.46. The van der Waals surface area contributed by atoms with Crippen molar-refractivity contribution in [1.82, 2.24) is 0 Å². The lowest BCUT2D eigenvalue weighted by molar-refractivity contribution is -0.138. The Morgan fingerprint density at radius 3 is 2.43 bits per heavy atom. The minimum Gasteiger partial charge on any atom is -0.466 e. The molecule has 1 aromatic carbocycles. The molecule has 9 heteroatoms. The molecule has 0 unspecified atom stereocenters. The van der Waals surface area contributed by atoms with Gasteiger partial charge in [-0.2, -0.15) is 0 Å². The topological polar surface area (TPSA) is 105 Å². The third-order valence-corrected chi connectivity index (χ3v) is 2.37. The van der Waals surface area contributed by atoms with Gasteiger partial charge in [-0.1, -0.05) is 0 Å². The van der Waals surface area contributed by atoms with Crippen molar-refractivity contribution in [3.8, 4) is 0 Å². The minimum absolute atomic E-state index is 0.0265. The van der Waals surface area contributed by atoms with Crippen molar-refractivity contribution >= 4 is 30.2 Å². The zero-order chi connectivity index (χ0) is 16.0. The molecule has 1 aromatic rings. The average Bonchev–Trinajstić information content (AvgIpc) is 2.44. The van der Waals surface area contributed by atoms with Crippen LogP contribution in [0.2, 0.25) is 0 Å². The Morgan fingerprint density at radius 2 is 1.90 bits per heavy atom. The lowest BCUT2D eigenvalue weighted by Crippen LogP contribution is -2.30. The van der Waals surface area contributed by atoms with E-state index >= 15 is 0 Å². The Bertz CT molecular complexity index is 575. The highest BCUT2D eigenvalue weighted by Gasteiger charge is 2.16. The number of methoxy groups -OCH3 is 2. The fourth-order valence-electron chi connectivity index (χ4n) is 1.42. The molecule has 0 atom stereocenters. The summed E-state index contributed by atoms with van der Waals surface area (Å²) in [5.41, 5.74) is -0.397. The van der Waals surface area contributed by atoms with Gasteiger partial charge in [0.15, 0.2) is 0 Å². The van der Waals surface area contributed by atoms with Gasteiger partial charge in [-0.25, -0.2) is 14.0 Å². The van der Waals surface area contributed by atoms with Gasteiger partial charge in [-0.3, -0.25) is 0 Å². The van der Waals surface area contributed by atoms with E-state index in [0.717, 1.165) is 32.4 Å². The fraction of sp³-hybridized carbons (Fsp3) is 0.167. The Morgan fingerprint density at radius 1 is 1.24 bits per heavy atom. The smallest absolute Gasteiger partial charge is 0.466 e. The van der Waals surface area contributed by atoms with Crippen LogP contribution in [0.3, 0.4) is 0 Å². The standard InChI is InChI=1S/C12H13BFNO6/c1-20-11(16)6-10(12(17)21-2)15-9-4-7(13(18)19)3-8(14)5-9/h3-6,15,18-19H,1-2H3/b10-6+. The number of carbonyl (C=O) groups is 2. The van der Waals surface area contributed by atoms with Crippen LogP contribution in [0.4, 0.5) is 10.1 Å². The predicted octanol–water partition coefficient (Wildman–Crippen LogP) is -0.853. The number of hydrogen-bond acceptors (Lipinski definition) is 7. The number of esters is 2. The molecule has 3 N–H and O–H groups in total. The molecule has 0 fully saturated rings. The van der Waals surface area contributed by atoms with Crippen molar-refractivity contribution < 1.29 is 33.5 Å². The largest absolute Gasteiger partial charge is 0.488 e. The first kappa shape index (κ1) is 16.7. The Kier molecular flexibility index (Phi) is 5.88. The molecule has 0 radical (unpaired) electrons. The molecule has 0 spiro atoms. The predicted molar refractivity (Wildman–Crippen MR) is 72.0 cm³/mol. The molecule has 0 saturated heterocycles. The van der Waals surface area contributed by atoms with E-state index in [-0.39, 0.29) is 16.8 Å². The van der Waals surface area contributed by atoms with Gasteiger partial charge < -0.3 is 24.8 Å². The molecule has 0 heterocycles. The number of rotatable bonds is 5. The van der Waals surface area contributed by atoms with Gasteiger partial charge >= 0.3 is 19.1 Å². The van der Waals surface area contributed by atoms with Crippen LogP contribution in [0.1, 0.15) is 0 Å². The molecule has 0 aliphatic carbocycles. The monoisotopic (exact) mass is 297 g/mol. The lowest BCUT2D eigenvalue weighted by Gasteiger charge is -2.10. The van der Waals surface area contributed by atoms with Crippen LogP contribution in [0.5, 0.6) is 0 Å². The van der Waals surface area contributed by atoms with Gasteiger partial charge in [0.05, 0.1) is 20.3 Å². The summed E-state index contributed by atoms with van der Waals surface area (Å²) in [5, 5.41) is 20.5. The minimum atomic E-state index is -1.88. The third-order valence-electron chi connectivity index (χ3n) is 2.37. The van der Waals surface area contributed by atoms with Crippen LogP contribution in [0.15, 0.2) is 30.0 Å². The number of ether oxygens (including phenoxy) is 2. The molecule has 0 aromatic heterocycles. The van der Waals surface area contributed by atoms with Crippen LogP contribution in [-0.2, 0) is 19.1 Å². The molecule has 0 bridgehead atoms. The molecule has 0 aliphatic heterocycles. The van der Waals surface area contributed by atoms with Crippen LogP contribution in [-0.4, -0.2) is 43.3 Å². The van der Waals surface area contributed by atoms with Gasteiger partial charge in [-0.15, -0.1) is 0 Å². The highest BCUT2D eigenvalue weighted by Crippen LogP contribution is 2.12. The lowest BCUT2D eigenvalue weighted by atomic mass is 9.80. The van der Waals surface area contributed by atoms with Crippen molar-refractivity contribution in [1.29, 1.82) is 0 Å². The van der Waals surface area contributed by atoms with Crippen molar-refractivity contribution in [2.24, 2.45) is 0 Å². The summed E-state index contributed by atoms with van der Waals surface area (Å²) in [6.07, 6.45) is 0.825. The van der Waals surface area contributed by atoms with E-state index in [1.807, 2.05) is 0 Å². The summed E-state index contributed by atoms with van der Waals surface area (Å²) in [7, 11) is 0.340. The van der Waals surface area contributed by atoms with E-state index < -0.39 is 24.9 Å². The highest BCUT2D eigenvalue weighted by atomic mass is 19.1. The van der Waals surface area contributed by atoms with Gasteiger partial charge in [0.1, 0.15) is 11.5 Å². The Hall–Kier alpha value is -2.39. The Balaban J connectivity index is 3.12. The molecule has 21 heavy (non-hydrogen) atoms. The maximum Gasteiger partial charge on any atom is 0.488 e. The van der Waals surface area contributed by atoms with Crippen molar-refractivity contribution in [3.63, 3.8) is 0 Å². The summed E-state index contributed by atoms with van der Waals surface area (Å²) in [4.78, 5) is 22.7. The SMILES string of the molecule is COC(=O)/C=C(/Nc1cc(F)cc(B(O)O)c1)C(=O)OC. The molecule has 1 rings (SSSR count).